The van der Waals surface area contributed by atoms with Gasteiger partial charge in [-0.25, -0.2) is 4.98 Å². The van der Waals surface area contributed by atoms with Crippen LogP contribution in [0, 0.1) is 5.41 Å². The Morgan fingerprint density at radius 3 is 1.97 bits per heavy atom. The third kappa shape index (κ3) is 5.17. The van der Waals surface area contributed by atoms with Gasteiger partial charge in [-0.2, -0.15) is 4.99 Å². The fourth-order valence-corrected chi connectivity index (χ4v) is 9.12. The number of H-pyrrole nitrogens is 1. The zero-order valence-corrected chi connectivity index (χ0v) is 31.8. The van der Waals surface area contributed by atoms with Crippen LogP contribution >= 0.6 is 0 Å². The van der Waals surface area contributed by atoms with E-state index in [-0.39, 0.29) is 5.84 Å². The first-order chi connectivity index (χ1) is 29.2. The summed E-state index contributed by atoms with van der Waals surface area (Å²) in [6.45, 7) is 0. The summed E-state index contributed by atoms with van der Waals surface area (Å²) in [5.41, 5.74) is 10.2. The van der Waals surface area contributed by atoms with E-state index >= 15 is 0 Å². The minimum Gasteiger partial charge on any atom is -0.323 e. The van der Waals surface area contributed by atoms with Crippen molar-refractivity contribution >= 4 is 81.9 Å². The number of benzene rings is 9. The van der Waals surface area contributed by atoms with Gasteiger partial charge in [-0.1, -0.05) is 127 Å². The van der Waals surface area contributed by atoms with Gasteiger partial charge in [0.15, 0.2) is 5.84 Å². The first-order valence-corrected chi connectivity index (χ1v) is 19.8. The second-order valence-corrected chi connectivity index (χ2v) is 15.1. The molecule has 12 rings (SSSR count). The average molecular weight is 755 g/mol. The van der Waals surface area contributed by atoms with Crippen molar-refractivity contribution in [3.05, 3.63) is 205 Å². The zero-order chi connectivity index (χ0) is 39.0. The van der Waals surface area contributed by atoms with E-state index < -0.39 is 0 Å². The minimum atomic E-state index is 0.112. The number of para-hydroxylation sites is 4. The molecular weight excluding hydrogens is 721 g/mol. The third-order valence-electron chi connectivity index (χ3n) is 11.7. The van der Waals surface area contributed by atoms with Gasteiger partial charge < -0.3 is 14.1 Å². The molecule has 6 nitrogen and oxygen atoms in total. The van der Waals surface area contributed by atoms with Crippen molar-refractivity contribution in [2.45, 2.75) is 0 Å². The van der Waals surface area contributed by atoms with Gasteiger partial charge in [-0.15, -0.1) is 0 Å². The van der Waals surface area contributed by atoms with Gasteiger partial charge in [0.2, 0.25) is 5.62 Å². The molecule has 0 fully saturated rings. The molecule has 276 valence electrons. The molecule has 0 spiro atoms. The predicted molar refractivity (Wildman–Crippen MR) is 244 cm³/mol. The lowest BCUT2D eigenvalue weighted by Crippen LogP contribution is -2.17. The molecule has 0 saturated carbocycles. The first-order valence-electron chi connectivity index (χ1n) is 19.8. The van der Waals surface area contributed by atoms with Gasteiger partial charge in [-0.05, 0) is 88.3 Å². The highest BCUT2D eigenvalue weighted by Crippen LogP contribution is 2.43. The van der Waals surface area contributed by atoms with Crippen molar-refractivity contribution in [2.24, 2.45) is 4.99 Å². The van der Waals surface area contributed by atoms with Gasteiger partial charge in [0.25, 0.3) is 0 Å². The summed E-state index contributed by atoms with van der Waals surface area (Å²) in [7, 11) is 0. The van der Waals surface area contributed by atoms with Gasteiger partial charge in [-0.3, -0.25) is 5.41 Å². The number of fused-ring (bicyclic) bond motifs is 10. The van der Waals surface area contributed by atoms with E-state index in [0.29, 0.717) is 11.2 Å². The maximum atomic E-state index is 9.63. The molecule has 59 heavy (non-hydrogen) atoms. The van der Waals surface area contributed by atoms with Crippen LogP contribution in [-0.2, 0) is 0 Å². The van der Waals surface area contributed by atoms with E-state index in [4.69, 9.17) is 9.98 Å². The number of nitrogens with one attached hydrogen (secondary N) is 2. The SMILES string of the molecule is N=C(N=c1nc(-c2ccccc2)c2ccccc2[nH]1)c1ccccc1-n1c2ccccc2c2ccc3c(c4cc5cc6ccccc6cc5cc4n3-c3ccccc3)c21. The molecular formula is C53H34N6. The van der Waals surface area contributed by atoms with E-state index in [2.05, 4.69) is 154 Å². The van der Waals surface area contributed by atoms with Crippen molar-refractivity contribution in [3.8, 4) is 22.6 Å². The summed E-state index contributed by atoms with van der Waals surface area (Å²) in [4.78, 5) is 13.3. The Labute approximate surface area is 338 Å². The van der Waals surface area contributed by atoms with E-state index in [1.165, 1.54) is 26.9 Å². The third-order valence-corrected chi connectivity index (χ3v) is 11.7. The van der Waals surface area contributed by atoms with Crippen LogP contribution in [0.5, 0.6) is 0 Å². The standard InChI is InChI=1S/C53H34N6/c54-52(57-53-55-44-24-12-9-22-41(44)50(56-53)33-15-3-1-4-16-33)42-23-11-14-26-46(42)59-45-25-13-10-21-39(45)40-27-28-47-49(51(40)59)43-31-36-29-34-17-7-8-18-35(34)30-37(36)32-48(43)58(47)38-19-5-2-6-20-38/h1-32H,(H2,54,55,56,57). The number of nitrogens with zero attached hydrogens (tertiary/aromatic N) is 4. The average Bonchev–Trinajstić information content (AvgIpc) is 3.80. The molecule has 2 N–H and O–H groups in total. The highest BCUT2D eigenvalue weighted by Gasteiger charge is 2.23. The topological polar surface area (TPSA) is 74.8 Å². The van der Waals surface area contributed by atoms with Crippen LogP contribution in [0.2, 0.25) is 0 Å². The van der Waals surface area contributed by atoms with E-state index in [9.17, 15) is 5.41 Å². The fourth-order valence-electron chi connectivity index (χ4n) is 9.12. The number of rotatable bonds is 4. The highest BCUT2D eigenvalue weighted by molar-refractivity contribution is 6.28. The zero-order valence-electron chi connectivity index (χ0n) is 31.8. The lowest BCUT2D eigenvalue weighted by molar-refractivity contribution is 1.05. The molecule has 0 saturated heterocycles. The van der Waals surface area contributed by atoms with Gasteiger partial charge in [0, 0.05) is 43.7 Å². The Morgan fingerprint density at radius 1 is 0.492 bits per heavy atom. The molecule has 0 radical (unpaired) electrons. The summed E-state index contributed by atoms with van der Waals surface area (Å²) in [5, 5.41) is 20.1. The van der Waals surface area contributed by atoms with Crippen LogP contribution in [0.1, 0.15) is 5.56 Å². The second-order valence-electron chi connectivity index (χ2n) is 15.1. The number of aromatic amines is 1. The van der Waals surface area contributed by atoms with Crippen LogP contribution in [0.4, 0.5) is 0 Å². The van der Waals surface area contributed by atoms with Gasteiger partial charge >= 0.3 is 0 Å². The molecule has 0 aliphatic heterocycles. The number of hydrogen-bond acceptors (Lipinski definition) is 2. The number of amidine groups is 1. The molecule has 0 bridgehead atoms. The Balaban J connectivity index is 1.16. The Kier molecular flexibility index (Phi) is 7.28. The maximum Gasteiger partial charge on any atom is 0.229 e. The van der Waals surface area contributed by atoms with Crippen LogP contribution in [-0.4, -0.2) is 24.9 Å². The summed E-state index contributed by atoms with van der Waals surface area (Å²) in [5.74, 6) is 0.112. The molecule has 12 aromatic rings. The minimum absolute atomic E-state index is 0.112. The van der Waals surface area contributed by atoms with Crippen molar-refractivity contribution < 1.29 is 0 Å². The predicted octanol–water partition coefficient (Wildman–Crippen LogP) is 12.7. The smallest absolute Gasteiger partial charge is 0.229 e. The van der Waals surface area contributed by atoms with E-state index in [0.717, 1.165) is 71.8 Å². The molecule has 3 heterocycles. The van der Waals surface area contributed by atoms with Gasteiger partial charge in [0.1, 0.15) is 0 Å². The second kappa shape index (κ2) is 13.0. The highest BCUT2D eigenvalue weighted by atomic mass is 15.0. The first kappa shape index (κ1) is 33.1. The summed E-state index contributed by atoms with van der Waals surface area (Å²) >= 11 is 0. The maximum absolute atomic E-state index is 9.63. The molecule has 0 atom stereocenters. The van der Waals surface area contributed by atoms with Crippen LogP contribution < -0.4 is 5.62 Å². The Bertz CT molecular complexity index is 3740. The normalized spacial score (nSPS) is 12.2. The summed E-state index contributed by atoms with van der Waals surface area (Å²) in [6.07, 6.45) is 0. The monoisotopic (exact) mass is 754 g/mol. The number of aromatic nitrogens is 4. The quantitative estimate of drug-likeness (QED) is 0.105. The van der Waals surface area contributed by atoms with Crippen molar-refractivity contribution in [1.29, 1.82) is 5.41 Å². The molecule has 0 amide bonds. The van der Waals surface area contributed by atoms with Gasteiger partial charge in [0.05, 0.1) is 39.0 Å². The summed E-state index contributed by atoms with van der Waals surface area (Å²) in [6, 6.07) is 68.1. The van der Waals surface area contributed by atoms with E-state index in [1.807, 2.05) is 54.6 Å². The Hall–Kier alpha value is -8.09. The Morgan fingerprint density at radius 2 is 1.15 bits per heavy atom. The van der Waals surface area contributed by atoms with Crippen molar-refractivity contribution in [3.63, 3.8) is 0 Å². The molecule has 0 aliphatic carbocycles. The van der Waals surface area contributed by atoms with Crippen LogP contribution in [0.15, 0.2) is 199 Å². The molecule has 0 unspecified atom stereocenters. The summed E-state index contributed by atoms with van der Waals surface area (Å²) < 4.78 is 4.74. The van der Waals surface area contributed by atoms with Crippen LogP contribution in [0.25, 0.3) is 98.7 Å². The lowest BCUT2D eigenvalue weighted by Gasteiger charge is -2.14. The largest absolute Gasteiger partial charge is 0.323 e. The molecule has 9 aromatic carbocycles. The fraction of sp³-hybridized carbons (Fsp3) is 0. The molecule has 6 heteroatoms. The number of hydrogen-bond donors (Lipinski definition) is 2. The van der Waals surface area contributed by atoms with Crippen molar-refractivity contribution in [2.75, 3.05) is 0 Å². The molecule has 0 aliphatic rings. The lowest BCUT2D eigenvalue weighted by atomic mass is 10.0. The molecule has 3 aromatic heterocycles. The van der Waals surface area contributed by atoms with Crippen LogP contribution in [0.3, 0.4) is 0 Å². The van der Waals surface area contributed by atoms with Crippen molar-refractivity contribution in [1.82, 2.24) is 19.1 Å². The van der Waals surface area contributed by atoms with E-state index in [1.54, 1.807) is 0 Å².